The molecular weight excluding hydrogens is 376 g/mol. The van der Waals surface area contributed by atoms with Crippen LogP contribution in [0.25, 0.3) is 11.0 Å². The molecule has 1 amide bonds. The number of aryl methyl sites for hydroxylation is 1. The van der Waals surface area contributed by atoms with Gasteiger partial charge in [0, 0.05) is 12.2 Å². The van der Waals surface area contributed by atoms with Crippen LogP contribution in [0, 0.1) is 12.8 Å². The van der Waals surface area contributed by atoms with Crippen molar-refractivity contribution in [2.75, 3.05) is 18.2 Å². The molecule has 7 nitrogen and oxygen atoms in total. The first-order valence-electron chi connectivity index (χ1n) is 9.05. The second-order valence-electron chi connectivity index (χ2n) is 6.95. The summed E-state index contributed by atoms with van der Waals surface area (Å²) in [5, 5.41) is 3.38. The Hall–Kier alpha value is -2.74. The number of thioether (sulfide) groups is 1. The Morgan fingerprint density at radius 1 is 1.36 bits per heavy atom. The van der Waals surface area contributed by atoms with Gasteiger partial charge in [-0.1, -0.05) is 37.7 Å². The quantitative estimate of drug-likeness (QED) is 0.469. The Labute approximate surface area is 167 Å². The number of aromatic amines is 1. The van der Waals surface area contributed by atoms with Gasteiger partial charge in [0.2, 0.25) is 5.91 Å². The van der Waals surface area contributed by atoms with E-state index in [0.717, 1.165) is 5.69 Å². The molecule has 0 spiro atoms. The molecule has 148 valence electrons. The number of carbonyl (C=O) groups excluding carboxylic acids is 1. The zero-order chi connectivity index (χ0) is 20.3. The summed E-state index contributed by atoms with van der Waals surface area (Å²) in [5.41, 5.74) is 2.50. The number of para-hydroxylation sites is 2. The largest absolute Gasteiger partial charge is 0.495 e. The summed E-state index contributed by atoms with van der Waals surface area (Å²) in [6.07, 6.45) is 0. The molecule has 28 heavy (non-hydrogen) atoms. The van der Waals surface area contributed by atoms with Crippen LogP contribution >= 0.6 is 11.8 Å². The SMILES string of the molecule is COc1ccccc1NC(=O)CSc1nc2cc(C)[nH]c2c(=O)n1CC(C)C. The highest BCUT2D eigenvalue weighted by Gasteiger charge is 2.16. The number of methoxy groups -OCH3 is 1. The topological polar surface area (TPSA) is 89.0 Å². The van der Waals surface area contributed by atoms with Gasteiger partial charge in [-0.25, -0.2) is 4.98 Å². The first-order chi connectivity index (χ1) is 13.4. The summed E-state index contributed by atoms with van der Waals surface area (Å²) < 4.78 is 6.90. The number of benzene rings is 1. The number of nitrogens with zero attached hydrogens (tertiary/aromatic N) is 2. The van der Waals surface area contributed by atoms with Crippen molar-refractivity contribution in [1.82, 2.24) is 14.5 Å². The molecule has 8 heteroatoms. The third kappa shape index (κ3) is 4.39. The van der Waals surface area contributed by atoms with E-state index in [1.165, 1.54) is 11.8 Å². The highest BCUT2D eigenvalue weighted by molar-refractivity contribution is 7.99. The molecule has 3 aromatic rings. The monoisotopic (exact) mass is 400 g/mol. The molecule has 2 N–H and O–H groups in total. The standard InChI is InChI=1S/C20H24N4O3S/c1-12(2)10-24-19(26)18-15(9-13(3)21-18)23-20(24)28-11-17(25)22-14-7-5-6-8-16(14)27-4/h5-9,12,21H,10-11H2,1-4H3,(H,22,25). The van der Waals surface area contributed by atoms with Gasteiger partial charge in [0.1, 0.15) is 11.3 Å². The maximum absolute atomic E-state index is 12.9. The Bertz CT molecular complexity index is 1060. The van der Waals surface area contributed by atoms with Crippen LogP contribution in [-0.4, -0.2) is 33.3 Å². The summed E-state index contributed by atoms with van der Waals surface area (Å²) in [6.45, 7) is 6.51. The third-order valence-electron chi connectivity index (χ3n) is 4.10. The van der Waals surface area contributed by atoms with Crippen LogP contribution in [0.4, 0.5) is 5.69 Å². The van der Waals surface area contributed by atoms with E-state index in [0.29, 0.717) is 34.2 Å². The van der Waals surface area contributed by atoms with Gasteiger partial charge in [-0.15, -0.1) is 0 Å². The summed E-state index contributed by atoms with van der Waals surface area (Å²) in [7, 11) is 1.56. The van der Waals surface area contributed by atoms with Crippen molar-refractivity contribution in [3.63, 3.8) is 0 Å². The fourth-order valence-electron chi connectivity index (χ4n) is 2.91. The van der Waals surface area contributed by atoms with Crippen molar-refractivity contribution in [3.05, 3.63) is 46.4 Å². The number of H-pyrrole nitrogens is 1. The van der Waals surface area contributed by atoms with E-state index in [4.69, 9.17) is 4.74 Å². The van der Waals surface area contributed by atoms with E-state index in [9.17, 15) is 9.59 Å². The summed E-state index contributed by atoms with van der Waals surface area (Å²) in [5.74, 6) is 0.817. The van der Waals surface area contributed by atoms with Crippen LogP contribution < -0.4 is 15.6 Å². The molecule has 0 saturated carbocycles. The first-order valence-corrected chi connectivity index (χ1v) is 10.0. The lowest BCUT2D eigenvalue weighted by atomic mass is 10.2. The molecule has 0 aliphatic carbocycles. The number of nitrogens with one attached hydrogen (secondary N) is 2. The Morgan fingerprint density at radius 3 is 2.82 bits per heavy atom. The molecule has 0 unspecified atom stereocenters. The summed E-state index contributed by atoms with van der Waals surface area (Å²) >= 11 is 1.25. The number of hydrogen-bond donors (Lipinski definition) is 2. The van der Waals surface area contributed by atoms with Crippen LogP contribution in [0.15, 0.2) is 40.3 Å². The van der Waals surface area contributed by atoms with E-state index < -0.39 is 0 Å². The van der Waals surface area contributed by atoms with Gasteiger partial charge in [0.25, 0.3) is 5.56 Å². The minimum atomic E-state index is -0.190. The highest BCUT2D eigenvalue weighted by atomic mass is 32.2. The van der Waals surface area contributed by atoms with Gasteiger partial charge in [0.15, 0.2) is 5.16 Å². The zero-order valence-corrected chi connectivity index (χ0v) is 17.2. The van der Waals surface area contributed by atoms with Gasteiger partial charge >= 0.3 is 0 Å². The number of anilines is 1. The molecule has 0 aliphatic heterocycles. The molecular formula is C20H24N4O3S. The summed E-state index contributed by atoms with van der Waals surface area (Å²) in [4.78, 5) is 33.0. The highest BCUT2D eigenvalue weighted by Crippen LogP contribution is 2.24. The van der Waals surface area contributed by atoms with E-state index >= 15 is 0 Å². The van der Waals surface area contributed by atoms with Crippen molar-refractivity contribution >= 4 is 34.4 Å². The van der Waals surface area contributed by atoms with E-state index in [2.05, 4.69) is 15.3 Å². The zero-order valence-electron chi connectivity index (χ0n) is 16.4. The van der Waals surface area contributed by atoms with Crippen LogP contribution in [0.3, 0.4) is 0 Å². The van der Waals surface area contributed by atoms with Gasteiger partial charge in [-0.3, -0.25) is 14.2 Å². The number of ether oxygens (including phenoxy) is 1. The number of amides is 1. The van der Waals surface area contributed by atoms with Crippen LogP contribution in [0.2, 0.25) is 0 Å². The van der Waals surface area contributed by atoms with E-state index in [1.807, 2.05) is 39.0 Å². The molecule has 2 aromatic heterocycles. The molecule has 0 fully saturated rings. The number of rotatable bonds is 7. The van der Waals surface area contributed by atoms with Crippen molar-refractivity contribution in [1.29, 1.82) is 0 Å². The van der Waals surface area contributed by atoms with Gasteiger partial charge in [-0.05, 0) is 31.0 Å². The van der Waals surface area contributed by atoms with Gasteiger partial charge < -0.3 is 15.0 Å². The number of fused-ring (bicyclic) bond motifs is 1. The molecule has 0 aliphatic rings. The Balaban J connectivity index is 1.82. The minimum Gasteiger partial charge on any atom is -0.495 e. The maximum Gasteiger partial charge on any atom is 0.278 e. The van der Waals surface area contributed by atoms with E-state index in [-0.39, 0.29) is 23.1 Å². The number of carbonyl (C=O) groups is 1. The smallest absolute Gasteiger partial charge is 0.278 e. The average molecular weight is 401 g/mol. The van der Waals surface area contributed by atoms with Crippen molar-refractivity contribution in [3.8, 4) is 5.75 Å². The number of hydrogen-bond acceptors (Lipinski definition) is 5. The van der Waals surface area contributed by atoms with Crippen molar-refractivity contribution < 1.29 is 9.53 Å². The van der Waals surface area contributed by atoms with Gasteiger partial charge in [0.05, 0.1) is 24.1 Å². The van der Waals surface area contributed by atoms with Crippen LogP contribution in [0.5, 0.6) is 5.75 Å². The molecule has 1 aromatic carbocycles. The molecule has 3 rings (SSSR count). The predicted octanol–water partition coefficient (Wildman–Crippen LogP) is 3.43. The fraction of sp³-hybridized carbons (Fsp3) is 0.350. The summed E-state index contributed by atoms with van der Waals surface area (Å²) in [6, 6.07) is 9.08. The molecule has 0 radical (unpaired) electrons. The Kier molecular flexibility index (Phi) is 6.08. The predicted molar refractivity (Wildman–Crippen MR) is 112 cm³/mol. The van der Waals surface area contributed by atoms with Gasteiger partial charge in [-0.2, -0.15) is 0 Å². The average Bonchev–Trinajstić information content (AvgIpc) is 3.03. The molecule has 0 bridgehead atoms. The second-order valence-corrected chi connectivity index (χ2v) is 7.90. The minimum absolute atomic E-state index is 0.112. The fourth-order valence-corrected chi connectivity index (χ4v) is 3.72. The lowest BCUT2D eigenvalue weighted by molar-refractivity contribution is -0.113. The van der Waals surface area contributed by atoms with Crippen molar-refractivity contribution in [2.24, 2.45) is 5.92 Å². The molecule has 2 heterocycles. The van der Waals surface area contributed by atoms with Crippen LogP contribution in [-0.2, 0) is 11.3 Å². The van der Waals surface area contributed by atoms with Crippen LogP contribution in [0.1, 0.15) is 19.5 Å². The van der Waals surface area contributed by atoms with E-state index in [1.54, 1.807) is 23.8 Å². The normalized spacial score (nSPS) is 11.2. The Morgan fingerprint density at radius 2 is 2.11 bits per heavy atom. The lowest BCUT2D eigenvalue weighted by Gasteiger charge is -2.14. The lowest BCUT2D eigenvalue weighted by Crippen LogP contribution is -2.26. The maximum atomic E-state index is 12.9. The second kappa shape index (κ2) is 8.52. The third-order valence-corrected chi connectivity index (χ3v) is 5.08. The van der Waals surface area contributed by atoms with Crippen molar-refractivity contribution in [2.45, 2.75) is 32.5 Å². The number of aromatic nitrogens is 3. The first kappa shape index (κ1) is 20.0. The molecule has 0 saturated heterocycles. The molecule has 0 atom stereocenters.